The minimum absolute atomic E-state index is 0.253. The molecule has 1 atom stereocenters. The van der Waals surface area contributed by atoms with Crippen LogP contribution in [0.1, 0.15) is 21.5 Å². The lowest BCUT2D eigenvalue weighted by Gasteiger charge is -2.16. The van der Waals surface area contributed by atoms with Crippen molar-refractivity contribution in [1.29, 1.82) is 0 Å². The molecule has 0 aliphatic heterocycles. The Bertz CT molecular complexity index is 1350. The zero-order valence-corrected chi connectivity index (χ0v) is 18.9. The molecule has 1 amide bonds. The molecule has 0 radical (unpaired) electrons. The zero-order chi connectivity index (χ0) is 24.8. The van der Waals surface area contributed by atoms with Crippen molar-refractivity contribution in [2.75, 3.05) is 13.7 Å². The first kappa shape index (κ1) is 23.7. The Labute approximate surface area is 200 Å². The summed E-state index contributed by atoms with van der Waals surface area (Å²) in [6, 6.07) is 18.3. The number of aromatic nitrogens is 1. The van der Waals surface area contributed by atoms with E-state index in [1.807, 2.05) is 24.3 Å². The molecule has 0 aliphatic carbocycles. The second kappa shape index (κ2) is 10.6. The van der Waals surface area contributed by atoms with Crippen LogP contribution in [0.25, 0.3) is 10.9 Å². The van der Waals surface area contributed by atoms with E-state index < -0.39 is 23.7 Å². The highest BCUT2D eigenvalue weighted by atomic mass is 19.1. The number of fused-ring (bicyclic) bond motifs is 1. The summed E-state index contributed by atoms with van der Waals surface area (Å²) in [6.45, 7) is -0.327. The van der Waals surface area contributed by atoms with Gasteiger partial charge in [-0.1, -0.05) is 18.2 Å². The topological polar surface area (TPSA) is 97.5 Å². The summed E-state index contributed by atoms with van der Waals surface area (Å²) < 4.78 is 23.4. The molecule has 0 spiro atoms. The smallest absolute Gasteiger partial charge is 0.328 e. The van der Waals surface area contributed by atoms with E-state index in [2.05, 4.69) is 10.3 Å². The van der Waals surface area contributed by atoms with Crippen LogP contribution >= 0.6 is 0 Å². The Morgan fingerprint density at radius 1 is 0.943 bits per heavy atom. The molecule has 3 aromatic carbocycles. The Morgan fingerprint density at radius 3 is 2.29 bits per heavy atom. The summed E-state index contributed by atoms with van der Waals surface area (Å²) in [6.07, 6.45) is 2.06. The Kier molecular flexibility index (Phi) is 7.21. The van der Waals surface area contributed by atoms with Gasteiger partial charge in [0.1, 0.15) is 17.6 Å². The Balaban J connectivity index is 1.35. The van der Waals surface area contributed by atoms with Crippen LogP contribution in [0.3, 0.4) is 0 Å². The van der Waals surface area contributed by atoms with Crippen molar-refractivity contribution in [2.24, 2.45) is 0 Å². The number of halogens is 1. The number of hydrogen-bond donors (Lipinski definition) is 2. The number of ketones is 1. The number of methoxy groups -OCH3 is 1. The maximum Gasteiger partial charge on any atom is 0.328 e. The van der Waals surface area contributed by atoms with Crippen LogP contribution in [-0.2, 0) is 20.7 Å². The van der Waals surface area contributed by atoms with Crippen molar-refractivity contribution in [3.05, 3.63) is 102 Å². The highest BCUT2D eigenvalue weighted by molar-refractivity contribution is 6.09. The fourth-order valence-electron chi connectivity index (χ4n) is 3.71. The summed E-state index contributed by atoms with van der Waals surface area (Å²) >= 11 is 0. The standard InChI is InChI=1S/C27H23FN2O5/c1-34-27(33)24(14-19-15-29-23-5-3-2-4-22(19)23)30-25(31)16-35-21-12-8-18(9-13-21)26(32)17-6-10-20(28)11-7-17/h2-13,15,24,29H,14,16H2,1H3,(H,30,31)/t24-/m1/s1. The molecule has 35 heavy (non-hydrogen) atoms. The van der Waals surface area contributed by atoms with Crippen molar-refractivity contribution in [1.82, 2.24) is 10.3 Å². The number of nitrogens with one attached hydrogen (secondary N) is 2. The van der Waals surface area contributed by atoms with Gasteiger partial charge in [0.25, 0.3) is 5.91 Å². The molecule has 7 nitrogen and oxygen atoms in total. The molecule has 0 aliphatic rings. The van der Waals surface area contributed by atoms with Crippen LogP contribution in [-0.4, -0.2) is 42.4 Å². The number of rotatable bonds is 9. The van der Waals surface area contributed by atoms with Gasteiger partial charge in [0.05, 0.1) is 7.11 Å². The average Bonchev–Trinajstić information content (AvgIpc) is 3.29. The first-order valence-corrected chi connectivity index (χ1v) is 10.9. The monoisotopic (exact) mass is 474 g/mol. The van der Waals surface area contributed by atoms with Crippen molar-refractivity contribution in [3.63, 3.8) is 0 Å². The quantitative estimate of drug-likeness (QED) is 0.284. The lowest BCUT2D eigenvalue weighted by Crippen LogP contribution is -2.44. The average molecular weight is 474 g/mol. The molecule has 0 unspecified atom stereocenters. The third-order valence-electron chi connectivity index (χ3n) is 5.51. The van der Waals surface area contributed by atoms with Crippen molar-refractivity contribution < 1.29 is 28.2 Å². The summed E-state index contributed by atoms with van der Waals surface area (Å²) in [5.41, 5.74) is 2.57. The maximum atomic E-state index is 13.1. The molecule has 4 rings (SSSR count). The minimum atomic E-state index is -0.883. The third kappa shape index (κ3) is 5.73. The van der Waals surface area contributed by atoms with Crippen LogP contribution in [0.5, 0.6) is 5.75 Å². The second-order valence-corrected chi connectivity index (χ2v) is 7.86. The van der Waals surface area contributed by atoms with Gasteiger partial charge in [0.15, 0.2) is 12.4 Å². The van der Waals surface area contributed by atoms with Crippen molar-refractivity contribution >= 4 is 28.6 Å². The van der Waals surface area contributed by atoms with Crippen molar-refractivity contribution in [2.45, 2.75) is 12.5 Å². The first-order chi connectivity index (χ1) is 16.9. The molecule has 4 aromatic rings. The van der Waals surface area contributed by atoms with E-state index in [-0.39, 0.29) is 18.8 Å². The number of ether oxygens (including phenoxy) is 2. The summed E-state index contributed by atoms with van der Waals surface area (Å²) in [5.74, 6) is -1.35. The Hall–Kier alpha value is -4.46. The normalized spacial score (nSPS) is 11.6. The van der Waals surface area contributed by atoms with E-state index in [4.69, 9.17) is 9.47 Å². The van der Waals surface area contributed by atoms with Gasteiger partial charge >= 0.3 is 5.97 Å². The lowest BCUT2D eigenvalue weighted by atomic mass is 10.0. The van der Waals surface area contributed by atoms with Gasteiger partial charge in [0, 0.05) is 34.6 Å². The molecule has 8 heteroatoms. The third-order valence-corrected chi connectivity index (χ3v) is 5.51. The zero-order valence-electron chi connectivity index (χ0n) is 18.9. The van der Waals surface area contributed by atoms with Gasteiger partial charge in [-0.15, -0.1) is 0 Å². The molecule has 1 aromatic heterocycles. The van der Waals surface area contributed by atoms with E-state index in [0.29, 0.717) is 16.9 Å². The largest absolute Gasteiger partial charge is 0.484 e. The fraction of sp³-hybridized carbons (Fsp3) is 0.148. The number of H-pyrrole nitrogens is 1. The molecule has 0 saturated carbocycles. The molecule has 178 valence electrons. The van der Waals surface area contributed by atoms with E-state index in [9.17, 15) is 18.8 Å². The molecule has 1 heterocycles. The predicted molar refractivity (Wildman–Crippen MR) is 128 cm³/mol. The van der Waals surface area contributed by atoms with E-state index in [1.165, 1.54) is 31.4 Å². The second-order valence-electron chi connectivity index (χ2n) is 7.86. The summed E-state index contributed by atoms with van der Waals surface area (Å²) in [5, 5.41) is 3.62. The van der Waals surface area contributed by atoms with Crippen LogP contribution in [0.15, 0.2) is 79.0 Å². The van der Waals surface area contributed by atoms with Gasteiger partial charge in [-0.3, -0.25) is 9.59 Å². The lowest BCUT2D eigenvalue weighted by molar-refractivity contribution is -0.145. The van der Waals surface area contributed by atoms with Crippen LogP contribution in [0, 0.1) is 5.82 Å². The SMILES string of the molecule is COC(=O)[C@@H](Cc1c[nH]c2ccccc12)NC(=O)COc1ccc(C(=O)c2ccc(F)cc2)cc1. The number of amides is 1. The first-order valence-electron chi connectivity index (χ1n) is 10.9. The van der Waals surface area contributed by atoms with Gasteiger partial charge in [-0.25, -0.2) is 9.18 Å². The highest BCUT2D eigenvalue weighted by Gasteiger charge is 2.23. The highest BCUT2D eigenvalue weighted by Crippen LogP contribution is 2.20. The van der Waals surface area contributed by atoms with Gasteiger partial charge < -0.3 is 19.8 Å². The fourth-order valence-corrected chi connectivity index (χ4v) is 3.71. The van der Waals surface area contributed by atoms with E-state index in [1.54, 1.807) is 30.5 Å². The number of carbonyl (C=O) groups is 3. The van der Waals surface area contributed by atoms with Gasteiger partial charge in [-0.05, 0) is 60.2 Å². The molecule has 2 N–H and O–H groups in total. The molecule has 0 fully saturated rings. The number of hydrogen-bond acceptors (Lipinski definition) is 5. The molecular formula is C27H23FN2O5. The Morgan fingerprint density at radius 2 is 1.60 bits per heavy atom. The molecule has 0 bridgehead atoms. The number of aromatic amines is 1. The molecular weight excluding hydrogens is 451 g/mol. The number of esters is 1. The van der Waals surface area contributed by atoms with E-state index in [0.717, 1.165) is 16.5 Å². The van der Waals surface area contributed by atoms with Crippen LogP contribution in [0.2, 0.25) is 0 Å². The van der Waals surface area contributed by atoms with Crippen molar-refractivity contribution in [3.8, 4) is 5.75 Å². The number of carbonyl (C=O) groups excluding carboxylic acids is 3. The van der Waals surface area contributed by atoms with E-state index >= 15 is 0 Å². The van der Waals surface area contributed by atoms with Gasteiger partial charge in [0.2, 0.25) is 0 Å². The molecule has 0 saturated heterocycles. The predicted octanol–water partition coefficient (Wildman–Crippen LogP) is 3.82. The number of para-hydroxylation sites is 1. The van der Waals surface area contributed by atoms with Crippen LogP contribution < -0.4 is 10.1 Å². The number of benzene rings is 3. The minimum Gasteiger partial charge on any atom is -0.484 e. The maximum absolute atomic E-state index is 13.1. The van der Waals surface area contributed by atoms with Crippen LogP contribution in [0.4, 0.5) is 4.39 Å². The summed E-state index contributed by atoms with van der Waals surface area (Å²) in [7, 11) is 1.27. The summed E-state index contributed by atoms with van der Waals surface area (Å²) in [4.78, 5) is 40.4. The van der Waals surface area contributed by atoms with Gasteiger partial charge in [-0.2, -0.15) is 0 Å².